The highest BCUT2D eigenvalue weighted by molar-refractivity contribution is 7.90. The molecule has 13 heavy (non-hydrogen) atoms. The molecule has 1 aliphatic rings. The van der Waals surface area contributed by atoms with Crippen LogP contribution in [-0.4, -0.2) is 14.7 Å². The second kappa shape index (κ2) is 2.60. The summed E-state index contributed by atoms with van der Waals surface area (Å²) in [5.41, 5.74) is 1.69. The minimum absolute atomic E-state index is 0.341. The molecule has 2 rings (SSSR count). The zero-order valence-corrected chi connectivity index (χ0v) is 7.88. The van der Waals surface area contributed by atoms with Gasteiger partial charge in [0.1, 0.15) is 0 Å². The van der Waals surface area contributed by atoms with Crippen molar-refractivity contribution in [3.63, 3.8) is 0 Å². The zero-order chi connectivity index (χ0) is 9.47. The molecule has 0 aromatic heterocycles. The summed E-state index contributed by atoms with van der Waals surface area (Å²) in [6.07, 6.45) is 4.66. The standard InChI is InChI=1S/C9H8NO2S/c1-13(11,12)8-2-3-9-7(6-8)4-5-10-9/h2-6H,1H3. The fourth-order valence-corrected chi connectivity index (χ4v) is 1.87. The van der Waals surface area contributed by atoms with E-state index in [1.165, 1.54) is 6.26 Å². The predicted molar refractivity (Wildman–Crippen MR) is 50.4 cm³/mol. The van der Waals surface area contributed by atoms with Gasteiger partial charge in [0.15, 0.2) is 9.84 Å². The Bertz CT molecular complexity index is 474. The van der Waals surface area contributed by atoms with Crippen LogP contribution < -0.4 is 5.32 Å². The van der Waals surface area contributed by atoms with Gasteiger partial charge in [0.25, 0.3) is 0 Å². The summed E-state index contributed by atoms with van der Waals surface area (Å²) in [6.45, 7) is 0. The highest BCUT2D eigenvalue weighted by atomic mass is 32.2. The first-order chi connectivity index (χ1) is 6.07. The summed E-state index contributed by atoms with van der Waals surface area (Å²) >= 11 is 0. The summed E-state index contributed by atoms with van der Waals surface area (Å²) in [7, 11) is -3.10. The summed E-state index contributed by atoms with van der Waals surface area (Å²) in [4.78, 5) is 0.341. The second-order valence-corrected chi connectivity index (χ2v) is 4.95. The monoisotopic (exact) mass is 194 g/mol. The van der Waals surface area contributed by atoms with Crippen LogP contribution in [0.3, 0.4) is 0 Å². The van der Waals surface area contributed by atoms with Crippen molar-refractivity contribution >= 4 is 21.6 Å². The molecule has 1 radical (unpaired) electrons. The molecule has 0 N–H and O–H groups in total. The third-order valence-corrected chi connectivity index (χ3v) is 3.01. The molecule has 1 aromatic rings. The lowest BCUT2D eigenvalue weighted by Gasteiger charge is -2.00. The quantitative estimate of drug-likeness (QED) is 0.676. The van der Waals surface area contributed by atoms with Gasteiger partial charge in [-0.1, -0.05) is 0 Å². The van der Waals surface area contributed by atoms with E-state index in [1.807, 2.05) is 0 Å². The Morgan fingerprint density at radius 3 is 2.77 bits per heavy atom. The number of sulfone groups is 1. The van der Waals surface area contributed by atoms with Gasteiger partial charge >= 0.3 is 0 Å². The van der Waals surface area contributed by atoms with E-state index in [0.29, 0.717) is 4.90 Å². The maximum Gasteiger partial charge on any atom is 0.175 e. The average Bonchev–Trinajstić information content (AvgIpc) is 2.47. The van der Waals surface area contributed by atoms with E-state index < -0.39 is 9.84 Å². The van der Waals surface area contributed by atoms with E-state index in [1.54, 1.807) is 30.5 Å². The molecule has 0 spiro atoms. The fraction of sp³-hybridized carbons (Fsp3) is 0.111. The van der Waals surface area contributed by atoms with Crippen molar-refractivity contribution in [3.05, 3.63) is 30.0 Å². The third kappa shape index (κ3) is 1.45. The Labute approximate surface area is 77.0 Å². The molecule has 0 fully saturated rings. The molecule has 1 heterocycles. The Morgan fingerprint density at radius 2 is 2.08 bits per heavy atom. The van der Waals surface area contributed by atoms with Crippen LogP contribution in [0, 0.1) is 0 Å². The van der Waals surface area contributed by atoms with Gasteiger partial charge in [0, 0.05) is 18.0 Å². The Balaban J connectivity index is 2.59. The molecule has 1 aromatic carbocycles. The first-order valence-corrected chi connectivity index (χ1v) is 5.68. The summed E-state index contributed by atoms with van der Waals surface area (Å²) in [6, 6.07) is 4.92. The number of nitrogens with zero attached hydrogens (tertiary/aromatic N) is 1. The second-order valence-electron chi connectivity index (χ2n) is 2.94. The van der Waals surface area contributed by atoms with E-state index >= 15 is 0 Å². The van der Waals surface area contributed by atoms with Crippen molar-refractivity contribution < 1.29 is 8.42 Å². The van der Waals surface area contributed by atoms with Crippen molar-refractivity contribution in [3.8, 4) is 0 Å². The molecule has 0 amide bonds. The van der Waals surface area contributed by atoms with Gasteiger partial charge in [-0.2, -0.15) is 0 Å². The van der Waals surface area contributed by atoms with Crippen molar-refractivity contribution in [2.24, 2.45) is 0 Å². The van der Waals surface area contributed by atoms with Gasteiger partial charge in [0.05, 0.1) is 10.6 Å². The van der Waals surface area contributed by atoms with Crippen LogP contribution >= 0.6 is 0 Å². The van der Waals surface area contributed by atoms with Crippen LogP contribution in [0.2, 0.25) is 0 Å². The molecule has 3 nitrogen and oxygen atoms in total. The molecule has 0 unspecified atom stereocenters. The van der Waals surface area contributed by atoms with Gasteiger partial charge in [-0.15, -0.1) is 0 Å². The molecule has 1 aliphatic heterocycles. The molecule has 4 heteroatoms. The minimum atomic E-state index is -3.10. The number of hydrogen-bond acceptors (Lipinski definition) is 2. The molecule has 0 saturated carbocycles. The van der Waals surface area contributed by atoms with Crippen molar-refractivity contribution in [2.45, 2.75) is 4.90 Å². The Hall–Kier alpha value is -1.29. The normalized spacial score (nSPS) is 13.9. The van der Waals surface area contributed by atoms with Gasteiger partial charge in [-0.25, -0.2) is 8.42 Å². The lowest BCUT2D eigenvalue weighted by molar-refractivity contribution is 0.602. The van der Waals surface area contributed by atoms with E-state index in [0.717, 1.165) is 11.3 Å². The SMILES string of the molecule is CS(=O)(=O)c1ccc2c(c1)C=C[N]2. The van der Waals surface area contributed by atoms with Crippen molar-refractivity contribution in [2.75, 3.05) is 6.26 Å². The van der Waals surface area contributed by atoms with Crippen LogP contribution in [0.1, 0.15) is 5.56 Å². The first kappa shape index (κ1) is 8.31. The van der Waals surface area contributed by atoms with Gasteiger partial charge in [-0.3, -0.25) is 5.32 Å². The number of benzene rings is 1. The topological polar surface area (TPSA) is 48.2 Å². The van der Waals surface area contributed by atoms with Crippen molar-refractivity contribution in [1.82, 2.24) is 5.32 Å². The fourth-order valence-electron chi connectivity index (χ4n) is 1.21. The molecule has 0 bridgehead atoms. The minimum Gasteiger partial charge on any atom is -0.256 e. The summed E-state index contributed by atoms with van der Waals surface area (Å²) in [5.74, 6) is 0. The lowest BCUT2D eigenvalue weighted by atomic mass is 10.2. The summed E-state index contributed by atoms with van der Waals surface area (Å²) < 4.78 is 22.4. The van der Waals surface area contributed by atoms with Gasteiger partial charge in [-0.05, 0) is 24.3 Å². The van der Waals surface area contributed by atoms with Crippen LogP contribution in [0.4, 0.5) is 5.69 Å². The van der Waals surface area contributed by atoms with E-state index in [2.05, 4.69) is 5.32 Å². The Morgan fingerprint density at radius 1 is 1.31 bits per heavy atom. The van der Waals surface area contributed by atoms with Crippen LogP contribution in [-0.2, 0) is 9.84 Å². The highest BCUT2D eigenvalue weighted by Crippen LogP contribution is 2.25. The average molecular weight is 194 g/mol. The van der Waals surface area contributed by atoms with E-state index in [4.69, 9.17) is 0 Å². The van der Waals surface area contributed by atoms with Crippen LogP contribution in [0.5, 0.6) is 0 Å². The van der Waals surface area contributed by atoms with Crippen LogP contribution in [0.15, 0.2) is 29.3 Å². The van der Waals surface area contributed by atoms with E-state index in [-0.39, 0.29) is 0 Å². The highest BCUT2D eigenvalue weighted by Gasteiger charge is 2.11. The zero-order valence-electron chi connectivity index (χ0n) is 7.06. The first-order valence-electron chi connectivity index (χ1n) is 3.79. The van der Waals surface area contributed by atoms with Gasteiger partial charge in [0.2, 0.25) is 0 Å². The molecule has 67 valence electrons. The smallest absolute Gasteiger partial charge is 0.175 e. The maximum atomic E-state index is 11.2. The molecule has 0 saturated heterocycles. The van der Waals surface area contributed by atoms with Gasteiger partial charge < -0.3 is 0 Å². The van der Waals surface area contributed by atoms with Crippen LogP contribution in [0.25, 0.3) is 6.08 Å². The summed E-state index contributed by atoms with van der Waals surface area (Å²) in [5, 5.41) is 4.05. The molecule has 0 aliphatic carbocycles. The Kier molecular flexibility index (Phi) is 1.66. The molecular weight excluding hydrogens is 186 g/mol. The largest absolute Gasteiger partial charge is 0.256 e. The van der Waals surface area contributed by atoms with Crippen molar-refractivity contribution in [1.29, 1.82) is 0 Å². The number of hydrogen-bond donors (Lipinski definition) is 0. The number of rotatable bonds is 1. The lowest BCUT2D eigenvalue weighted by Crippen LogP contribution is -1.97. The maximum absolute atomic E-state index is 11.2. The predicted octanol–water partition coefficient (Wildman–Crippen LogP) is 1.31. The molecule has 0 atom stereocenters. The number of fused-ring (bicyclic) bond motifs is 1. The van der Waals surface area contributed by atoms with E-state index in [9.17, 15) is 8.42 Å². The molecular formula is C9H8NO2S. The third-order valence-electron chi connectivity index (χ3n) is 1.89.